The molecule has 31 heavy (non-hydrogen) atoms. The van der Waals surface area contributed by atoms with Gasteiger partial charge in [-0.15, -0.1) is 0 Å². The van der Waals surface area contributed by atoms with Crippen LogP contribution in [0.5, 0.6) is 0 Å². The molecule has 0 radical (unpaired) electrons. The monoisotopic (exact) mass is 449 g/mol. The molecule has 0 bridgehead atoms. The summed E-state index contributed by atoms with van der Waals surface area (Å²) in [4.78, 5) is 16.0. The maximum atomic E-state index is 13.6. The number of carbonyl (C=O) groups is 1. The van der Waals surface area contributed by atoms with Gasteiger partial charge in [0.2, 0.25) is 10.0 Å². The Morgan fingerprint density at radius 3 is 2.45 bits per heavy atom. The minimum Gasteiger partial charge on any atom is -0.320 e. The van der Waals surface area contributed by atoms with Gasteiger partial charge in [-0.25, -0.2) is 26.7 Å². The lowest BCUT2D eigenvalue weighted by Crippen LogP contribution is -2.58. The SMILES string of the molecule is CS(=O)(=O)N[C@H]1CCN(C(=O)N2CC(F)C2)[C@H]1Cc1cccc(-c2cccc(F)c2)c1. The fourth-order valence-electron chi connectivity index (χ4n) is 4.31. The van der Waals surface area contributed by atoms with Gasteiger partial charge >= 0.3 is 6.03 Å². The molecule has 2 aromatic rings. The summed E-state index contributed by atoms with van der Waals surface area (Å²) in [7, 11) is -3.46. The second-order valence-corrected chi connectivity index (χ2v) is 10.0. The van der Waals surface area contributed by atoms with E-state index in [0.717, 1.165) is 22.9 Å². The van der Waals surface area contributed by atoms with Crippen LogP contribution in [0.25, 0.3) is 11.1 Å². The molecule has 2 aliphatic rings. The minimum atomic E-state index is -3.46. The Kier molecular flexibility index (Phi) is 5.98. The summed E-state index contributed by atoms with van der Waals surface area (Å²) in [6.45, 7) is 0.538. The largest absolute Gasteiger partial charge is 0.320 e. The highest BCUT2D eigenvalue weighted by Crippen LogP contribution is 2.28. The minimum absolute atomic E-state index is 0.0707. The number of amides is 2. The number of halogens is 2. The van der Waals surface area contributed by atoms with Gasteiger partial charge in [0.05, 0.1) is 25.4 Å². The molecule has 2 atom stereocenters. The van der Waals surface area contributed by atoms with Crippen LogP contribution in [0.1, 0.15) is 12.0 Å². The van der Waals surface area contributed by atoms with Gasteiger partial charge in [-0.1, -0.05) is 36.4 Å². The zero-order chi connectivity index (χ0) is 22.2. The van der Waals surface area contributed by atoms with Crippen molar-refractivity contribution in [2.45, 2.75) is 31.1 Å². The Morgan fingerprint density at radius 1 is 1.13 bits per heavy atom. The van der Waals surface area contributed by atoms with Crippen molar-refractivity contribution in [1.29, 1.82) is 0 Å². The van der Waals surface area contributed by atoms with Crippen molar-refractivity contribution >= 4 is 16.1 Å². The molecule has 2 heterocycles. The predicted molar refractivity (Wildman–Crippen MR) is 114 cm³/mol. The highest BCUT2D eigenvalue weighted by molar-refractivity contribution is 7.88. The highest BCUT2D eigenvalue weighted by atomic mass is 32.2. The summed E-state index contributed by atoms with van der Waals surface area (Å²) in [5.74, 6) is -0.325. The number of nitrogens with zero attached hydrogens (tertiary/aromatic N) is 2. The molecule has 2 amide bonds. The molecule has 0 aromatic heterocycles. The molecule has 2 saturated heterocycles. The van der Waals surface area contributed by atoms with E-state index < -0.39 is 28.3 Å². The highest BCUT2D eigenvalue weighted by Gasteiger charge is 2.42. The van der Waals surface area contributed by atoms with Gasteiger partial charge in [0.25, 0.3) is 0 Å². The van der Waals surface area contributed by atoms with E-state index in [1.165, 1.54) is 17.0 Å². The van der Waals surface area contributed by atoms with E-state index in [1.54, 1.807) is 11.0 Å². The van der Waals surface area contributed by atoms with Crippen molar-refractivity contribution in [3.05, 3.63) is 59.9 Å². The lowest BCUT2D eigenvalue weighted by molar-refractivity contribution is 0.0648. The maximum absolute atomic E-state index is 13.6. The summed E-state index contributed by atoms with van der Waals surface area (Å²) < 4.78 is 53.3. The third kappa shape index (κ3) is 5.04. The summed E-state index contributed by atoms with van der Waals surface area (Å²) in [6.07, 6.45) is 1.01. The molecule has 4 rings (SSSR count). The summed E-state index contributed by atoms with van der Waals surface area (Å²) in [5, 5.41) is 0. The van der Waals surface area contributed by atoms with E-state index in [4.69, 9.17) is 0 Å². The molecular weight excluding hydrogens is 424 g/mol. The Morgan fingerprint density at radius 2 is 1.81 bits per heavy atom. The smallest absolute Gasteiger partial charge is 0.320 e. The number of hydrogen-bond donors (Lipinski definition) is 1. The molecule has 0 saturated carbocycles. The lowest BCUT2D eigenvalue weighted by atomic mass is 9.97. The normalized spacial score (nSPS) is 21.9. The first-order valence-electron chi connectivity index (χ1n) is 10.2. The van der Waals surface area contributed by atoms with Crippen molar-refractivity contribution in [1.82, 2.24) is 14.5 Å². The lowest BCUT2D eigenvalue weighted by Gasteiger charge is -2.39. The van der Waals surface area contributed by atoms with Gasteiger partial charge in [0, 0.05) is 12.6 Å². The van der Waals surface area contributed by atoms with Crippen LogP contribution in [0, 0.1) is 5.82 Å². The fourth-order valence-corrected chi connectivity index (χ4v) is 5.13. The molecule has 1 N–H and O–H groups in total. The van der Waals surface area contributed by atoms with Crippen LogP contribution >= 0.6 is 0 Å². The first-order valence-corrected chi connectivity index (χ1v) is 12.1. The molecule has 2 aliphatic heterocycles. The van der Waals surface area contributed by atoms with E-state index >= 15 is 0 Å². The van der Waals surface area contributed by atoms with E-state index in [-0.39, 0.29) is 24.9 Å². The van der Waals surface area contributed by atoms with Gasteiger partial charge in [-0.05, 0) is 41.7 Å². The standard InChI is InChI=1S/C22H25F2N3O3S/c1-31(29,30)25-20-8-9-27(22(28)26-13-19(24)14-26)21(20)11-15-4-2-5-16(10-15)17-6-3-7-18(23)12-17/h2-7,10,12,19-21,25H,8-9,11,13-14H2,1H3/t20-,21-/m0/s1. The van der Waals surface area contributed by atoms with Crippen LogP contribution in [-0.4, -0.2) is 68.4 Å². The van der Waals surface area contributed by atoms with Crippen molar-refractivity contribution in [2.75, 3.05) is 25.9 Å². The Bertz CT molecular complexity index is 1070. The Labute approximate surface area is 180 Å². The van der Waals surface area contributed by atoms with Crippen LogP contribution in [0.2, 0.25) is 0 Å². The summed E-state index contributed by atoms with van der Waals surface area (Å²) >= 11 is 0. The number of likely N-dealkylation sites (tertiary alicyclic amines) is 2. The molecule has 166 valence electrons. The van der Waals surface area contributed by atoms with Gasteiger partial charge < -0.3 is 9.80 Å². The van der Waals surface area contributed by atoms with Crippen LogP contribution in [-0.2, 0) is 16.4 Å². The van der Waals surface area contributed by atoms with Crippen molar-refractivity contribution in [3.63, 3.8) is 0 Å². The van der Waals surface area contributed by atoms with Crippen LogP contribution in [0.4, 0.5) is 13.6 Å². The summed E-state index contributed by atoms with van der Waals surface area (Å²) in [5.41, 5.74) is 2.48. The van der Waals surface area contributed by atoms with E-state index in [1.807, 2.05) is 30.3 Å². The van der Waals surface area contributed by atoms with E-state index in [0.29, 0.717) is 19.4 Å². The van der Waals surface area contributed by atoms with Gasteiger partial charge in [0.1, 0.15) is 12.0 Å². The van der Waals surface area contributed by atoms with Gasteiger partial charge in [-0.2, -0.15) is 0 Å². The average molecular weight is 450 g/mol. The number of benzene rings is 2. The summed E-state index contributed by atoms with van der Waals surface area (Å²) in [6, 6.07) is 12.8. The van der Waals surface area contributed by atoms with Crippen LogP contribution in [0.15, 0.2) is 48.5 Å². The molecule has 9 heteroatoms. The molecule has 6 nitrogen and oxygen atoms in total. The third-order valence-electron chi connectivity index (χ3n) is 5.79. The zero-order valence-corrected chi connectivity index (χ0v) is 18.0. The number of rotatable bonds is 5. The molecule has 2 fully saturated rings. The molecule has 0 spiro atoms. The molecular formula is C22H25F2N3O3S. The van der Waals surface area contributed by atoms with E-state index in [9.17, 15) is 22.0 Å². The van der Waals surface area contributed by atoms with Crippen molar-refractivity contribution in [3.8, 4) is 11.1 Å². The van der Waals surface area contributed by atoms with Crippen LogP contribution < -0.4 is 4.72 Å². The third-order valence-corrected chi connectivity index (χ3v) is 6.53. The number of urea groups is 1. The van der Waals surface area contributed by atoms with Gasteiger partial charge in [0.15, 0.2) is 0 Å². The van der Waals surface area contributed by atoms with E-state index in [2.05, 4.69) is 4.72 Å². The molecule has 0 unspecified atom stereocenters. The number of hydrogen-bond acceptors (Lipinski definition) is 3. The quantitative estimate of drug-likeness (QED) is 0.763. The van der Waals surface area contributed by atoms with Crippen LogP contribution in [0.3, 0.4) is 0 Å². The number of sulfonamides is 1. The maximum Gasteiger partial charge on any atom is 0.320 e. The van der Waals surface area contributed by atoms with Crippen molar-refractivity contribution in [2.24, 2.45) is 0 Å². The number of carbonyl (C=O) groups excluding carboxylic acids is 1. The first kappa shape index (κ1) is 21.7. The second kappa shape index (κ2) is 8.55. The second-order valence-electron chi connectivity index (χ2n) is 8.25. The Hall–Kier alpha value is -2.52. The number of nitrogens with one attached hydrogen (secondary N) is 1. The molecule has 0 aliphatic carbocycles. The van der Waals surface area contributed by atoms with Crippen molar-refractivity contribution < 1.29 is 22.0 Å². The zero-order valence-electron chi connectivity index (χ0n) is 17.2. The average Bonchev–Trinajstić information content (AvgIpc) is 3.06. The molecule has 2 aromatic carbocycles. The Balaban J connectivity index is 1.58. The first-order chi connectivity index (χ1) is 14.7. The number of alkyl halides is 1. The fraction of sp³-hybridized carbons (Fsp3) is 0.409. The topological polar surface area (TPSA) is 69.7 Å². The predicted octanol–water partition coefficient (Wildman–Crippen LogP) is 2.80. The van der Waals surface area contributed by atoms with Gasteiger partial charge in [-0.3, -0.25) is 0 Å².